The van der Waals surface area contributed by atoms with Gasteiger partial charge in [0.25, 0.3) is 5.91 Å². The summed E-state index contributed by atoms with van der Waals surface area (Å²) in [5, 5.41) is 14.5. The molecule has 6 heteroatoms. The van der Waals surface area contributed by atoms with Crippen molar-refractivity contribution in [3.05, 3.63) is 59.2 Å². The zero-order chi connectivity index (χ0) is 18.0. The van der Waals surface area contributed by atoms with Crippen LogP contribution >= 0.6 is 0 Å². The molecule has 0 aliphatic carbocycles. The van der Waals surface area contributed by atoms with Crippen LogP contribution in [0.1, 0.15) is 46.7 Å². The van der Waals surface area contributed by atoms with Gasteiger partial charge < -0.3 is 5.32 Å². The summed E-state index contributed by atoms with van der Waals surface area (Å²) >= 11 is 0. The number of H-pyrrole nitrogens is 1. The first-order chi connectivity index (χ1) is 12.0. The fourth-order valence-corrected chi connectivity index (χ4v) is 3.05. The second kappa shape index (κ2) is 6.93. The van der Waals surface area contributed by atoms with Crippen molar-refractivity contribution in [2.45, 2.75) is 33.2 Å². The van der Waals surface area contributed by atoms with Gasteiger partial charge in [-0.25, -0.2) is 0 Å². The van der Waals surface area contributed by atoms with Gasteiger partial charge in [-0.2, -0.15) is 10.2 Å². The molecule has 6 nitrogen and oxygen atoms in total. The standard InChI is InChI=1S/C19H23N5O/c1-5-17(16-10-20-24(4)11-16)21-19(25)15-8-6-14(7-9-15)18-12(2)22-23-13(18)3/h6-11,17H,5H2,1-4H3,(H,21,25)(H,22,23)/t17-/m0/s1. The van der Waals surface area contributed by atoms with Gasteiger partial charge in [0.2, 0.25) is 0 Å². The summed E-state index contributed by atoms with van der Waals surface area (Å²) in [5.74, 6) is -0.0807. The molecule has 0 unspecified atom stereocenters. The van der Waals surface area contributed by atoms with Crippen LogP contribution in [-0.2, 0) is 7.05 Å². The third kappa shape index (κ3) is 3.47. The van der Waals surface area contributed by atoms with Gasteiger partial charge in [0.05, 0.1) is 17.9 Å². The van der Waals surface area contributed by atoms with Crippen molar-refractivity contribution in [1.82, 2.24) is 25.3 Å². The first-order valence-corrected chi connectivity index (χ1v) is 8.41. The Bertz CT molecular complexity index is 856. The monoisotopic (exact) mass is 337 g/mol. The lowest BCUT2D eigenvalue weighted by Gasteiger charge is -2.15. The number of hydrogen-bond donors (Lipinski definition) is 2. The van der Waals surface area contributed by atoms with Gasteiger partial charge in [-0.1, -0.05) is 19.1 Å². The smallest absolute Gasteiger partial charge is 0.251 e. The average molecular weight is 337 g/mol. The average Bonchev–Trinajstić information content (AvgIpc) is 3.18. The topological polar surface area (TPSA) is 75.6 Å². The van der Waals surface area contributed by atoms with Gasteiger partial charge in [0.1, 0.15) is 0 Å². The lowest BCUT2D eigenvalue weighted by molar-refractivity contribution is 0.0935. The number of carbonyl (C=O) groups is 1. The lowest BCUT2D eigenvalue weighted by Crippen LogP contribution is -2.27. The SMILES string of the molecule is CC[C@H](NC(=O)c1ccc(-c2c(C)n[nH]c2C)cc1)c1cnn(C)c1. The number of benzene rings is 1. The summed E-state index contributed by atoms with van der Waals surface area (Å²) < 4.78 is 1.74. The quantitative estimate of drug-likeness (QED) is 0.750. The highest BCUT2D eigenvalue weighted by atomic mass is 16.1. The van der Waals surface area contributed by atoms with Gasteiger partial charge >= 0.3 is 0 Å². The minimum Gasteiger partial charge on any atom is -0.345 e. The van der Waals surface area contributed by atoms with E-state index in [2.05, 4.69) is 20.6 Å². The molecule has 1 aromatic carbocycles. The summed E-state index contributed by atoms with van der Waals surface area (Å²) in [6.07, 6.45) is 4.53. The second-order valence-electron chi connectivity index (χ2n) is 6.27. The maximum atomic E-state index is 12.6. The van der Waals surface area contributed by atoms with Crippen molar-refractivity contribution >= 4 is 5.91 Å². The van der Waals surface area contributed by atoms with Crippen LogP contribution in [0.25, 0.3) is 11.1 Å². The van der Waals surface area contributed by atoms with Crippen molar-refractivity contribution in [1.29, 1.82) is 0 Å². The first-order valence-electron chi connectivity index (χ1n) is 8.41. The van der Waals surface area contributed by atoms with Crippen LogP contribution in [0.4, 0.5) is 0 Å². The summed E-state index contributed by atoms with van der Waals surface area (Å²) in [6, 6.07) is 7.59. The van der Waals surface area contributed by atoms with E-state index >= 15 is 0 Å². The molecule has 0 bridgehead atoms. The number of rotatable bonds is 5. The highest BCUT2D eigenvalue weighted by Crippen LogP contribution is 2.25. The van der Waals surface area contributed by atoms with Gasteiger partial charge in [-0.05, 0) is 38.0 Å². The Morgan fingerprint density at radius 1 is 1.28 bits per heavy atom. The Kier molecular flexibility index (Phi) is 4.70. The molecule has 0 spiro atoms. The van der Waals surface area contributed by atoms with E-state index in [4.69, 9.17) is 0 Å². The van der Waals surface area contributed by atoms with Gasteiger partial charge in [-0.3, -0.25) is 14.6 Å². The first kappa shape index (κ1) is 17.0. The molecule has 0 saturated heterocycles. The van der Waals surface area contributed by atoms with Crippen LogP contribution in [-0.4, -0.2) is 25.9 Å². The molecular weight excluding hydrogens is 314 g/mol. The third-order valence-corrected chi connectivity index (χ3v) is 4.40. The predicted octanol–water partition coefficient (Wildman–Crippen LogP) is 3.31. The van der Waals surface area contributed by atoms with E-state index in [9.17, 15) is 4.79 Å². The molecular formula is C19H23N5O. The molecule has 0 aliphatic heterocycles. The van der Waals surface area contributed by atoms with Crippen molar-refractivity contribution in [2.75, 3.05) is 0 Å². The van der Waals surface area contributed by atoms with Crippen LogP contribution in [0.3, 0.4) is 0 Å². The van der Waals surface area contributed by atoms with E-state index < -0.39 is 0 Å². The van der Waals surface area contributed by atoms with Crippen LogP contribution < -0.4 is 5.32 Å². The van der Waals surface area contributed by atoms with Gasteiger partial charge in [0.15, 0.2) is 0 Å². The number of carbonyl (C=O) groups excluding carboxylic acids is 1. The zero-order valence-electron chi connectivity index (χ0n) is 15.0. The molecule has 1 amide bonds. The van der Waals surface area contributed by atoms with Crippen molar-refractivity contribution in [3.8, 4) is 11.1 Å². The zero-order valence-corrected chi connectivity index (χ0v) is 15.0. The molecule has 2 N–H and O–H groups in total. The molecule has 0 saturated carbocycles. The number of nitrogens with one attached hydrogen (secondary N) is 2. The van der Waals surface area contributed by atoms with Gasteiger partial charge in [0, 0.05) is 35.6 Å². The minimum atomic E-state index is -0.0807. The number of aryl methyl sites for hydroxylation is 3. The molecule has 0 fully saturated rings. The summed E-state index contributed by atoms with van der Waals surface area (Å²) in [6.45, 7) is 6.01. The maximum absolute atomic E-state index is 12.6. The largest absolute Gasteiger partial charge is 0.345 e. The molecule has 3 aromatic rings. The van der Waals surface area contributed by atoms with Crippen molar-refractivity contribution in [2.24, 2.45) is 7.05 Å². The van der Waals surface area contributed by atoms with Crippen LogP contribution in [0.15, 0.2) is 36.7 Å². The highest BCUT2D eigenvalue weighted by molar-refractivity contribution is 5.95. The Morgan fingerprint density at radius 2 is 2.00 bits per heavy atom. The van der Waals surface area contributed by atoms with Crippen molar-refractivity contribution in [3.63, 3.8) is 0 Å². The lowest BCUT2D eigenvalue weighted by atomic mass is 10.0. The van der Waals surface area contributed by atoms with E-state index in [0.29, 0.717) is 5.56 Å². The Morgan fingerprint density at radius 3 is 2.52 bits per heavy atom. The van der Waals surface area contributed by atoms with Gasteiger partial charge in [-0.15, -0.1) is 0 Å². The summed E-state index contributed by atoms with van der Waals surface area (Å²) in [7, 11) is 1.87. The highest BCUT2D eigenvalue weighted by Gasteiger charge is 2.16. The Balaban J connectivity index is 1.76. The number of nitrogens with zero attached hydrogens (tertiary/aromatic N) is 3. The number of aromatic nitrogens is 4. The van der Waals surface area contributed by atoms with E-state index in [1.54, 1.807) is 10.9 Å². The fourth-order valence-electron chi connectivity index (χ4n) is 3.05. The predicted molar refractivity (Wildman–Crippen MR) is 97.2 cm³/mol. The Labute approximate surface area is 147 Å². The summed E-state index contributed by atoms with van der Waals surface area (Å²) in [4.78, 5) is 12.6. The normalized spacial score (nSPS) is 12.2. The molecule has 25 heavy (non-hydrogen) atoms. The maximum Gasteiger partial charge on any atom is 0.251 e. The van der Waals surface area contributed by atoms with E-state index in [1.807, 2.05) is 58.3 Å². The molecule has 0 radical (unpaired) electrons. The number of amides is 1. The van der Waals surface area contributed by atoms with Crippen LogP contribution in [0.5, 0.6) is 0 Å². The number of hydrogen-bond acceptors (Lipinski definition) is 3. The fraction of sp³-hybridized carbons (Fsp3) is 0.316. The van der Waals surface area contributed by atoms with Crippen LogP contribution in [0, 0.1) is 13.8 Å². The van der Waals surface area contributed by atoms with Crippen LogP contribution in [0.2, 0.25) is 0 Å². The molecule has 130 valence electrons. The summed E-state index contributed by atoms with van der Waals surface area (Å²) in [5.41, 5.74) is 5.78. The molecule has 1 atom stereocenters. The molecule has 3 rings (SSSR count). The molecule has 2 aromatic heterocycles. The van der Waals surface area contributed by atoms with Crippen molar-refractivity contribution < 1.29 is 4.79 Å². The van der Waals surface area contributed by atoms with E-state index in [1.165, 1.54) is 0 Å². The minimum absolute atomic E-state index is 0.0424. The van der Waals surface area contributed by atoms with E-state index in [0.717, 1.165) is 34.5 Å². The second-order valence-corrected chi connectivity index (χ2v) is 6.27. The Hall–Kier alpha value is -2.89. The van der Waals surface area contributed by atoms with E-state index in [-0.39, 0.29) is 11.9 Å². The molecule has 0 aliphatic rings. The molecule has 2 heterocycles. The third-order valence-electron chi connectivity index (χ3n) is 4.40. The number of aromatic amines is 1.